The Morgan fingerprint density at radius 1 is 1.00 bits per heavy atom. The highest BCUT2D eigenvalue weighted by Crippen LogP contribution is 2.46. The van der Waals surface area contributed by atoms with Crippen LogP contribution in [0.15, 0.2) is 60.7 Å². The Kier molecular flexibility index (Phi) is 3.72. The first-order valence-electron chi connectivity index (χ1n) is 8.41. The van der Waals surface area contributed by atoms with Crippen LogP contribution >= 0.6 is 0 Å². The molecule has 0 bridgehead atoms. The van der Waals surface area contributed by atoms with E-state index in [-0.39, 0.29) is 17.6 Å². The van der Waals surface area contributed by atoms with Crippen LogP contribution in [-0.4, -0.2) is 35.1 Å². The van der Waals surface area contributed by atoms with Crippen molar-refractivity contribution in [2.45, 2.75) is 18.4 Å². The lowest BCUT2D eigenvalue weighted by Gasteiger charge is -2.22. The predicted octanol–water partition coefficient (Wildman–Crippen LogP) is 3.26. The molecule has 2 amide bonds. The molecule has 4 rings (SSSR count). The number of allylic oxidation sites excluding steroid dienone is 1. The molecule has 2 aromatic carbocycles. The maximum absolute atomic E-state index is 12.7. The van der Waals surface area contributed by atoms with Crippen molar-refractivity contribution in [3.8, 4) is 5.75 Å². The Labute approximate surface area is 150 Å². The minimum atomic E-state index is -0.685. The van der Waals surface area contributed by atoms with Crippen molar-refractivity contribution < 1.29 is 19.1 Å². The third-order valence-corrected chi connectivity index (χ3v) is 4.92. The molecule has 26 heavy (non-hydrogen) atoms. The number of benzene rings is 2. The van der Waals surface area contributed by atoms with E-state index in [1.165, 1.54) is 11.0 Å². The second-order valence-electron chi connectivity index (χ2n) is 6.52. The maximum atomic E-state index is 12.7. The summed E-state index contributed by atoms with van der Waals surface area (Å²) in [5.74, 6) is -0.0694. The number of hydrogen-bond acceptors (Lipinski definition) is 4. The SMILES string of the molecule is COc1ccc(C(=O)/C=C/C2(N3C(=O)c4ccccc4C3=O)CC2)cc1. The standard InChI is InChI=1S/C21H17NO4/c1-26-15-8-6-14(7-9-15)18(23)10-11-21(12-13-21)22-19(24)16-4-2-3-5-17(16)20(22)25/h2-11H,12-13H2,1H3/b11-10+. The molecule has 1 saturated carbocycles. The highest BCUT2D eigenvalue weighted by Gasteiger charge is 2.54. The molecule has 0 saturated heterocycles. The quantitative estimate of drug-likeness (QED) is 0.473. The number of nitrogens with zero attached hydrogens (tertiary/aromatic N) is 1. The van der Waals surface area contributed by atoms with Gasteiger partial charge in [-0.2, -0.15) is 0 Å². The fourth-order valence-electron chi connectivity index (χ4n) is 3.27. The number of carbonyl (C=O) groups excluding carboxylic acids is 3. The largest absolute Gasteiger partial charge is 0.497 e. The zero-order valence-electron chi connectivity index (χ0n) is 14.3. The molecule has 1 fully saturated rings. The molecule has 0 atom stereocenters. The van der Waals surface area contributed by atoms with Gasteiger partial charge in [0.1, 0.15) is 5.75 Å². The number of ketones is 1. The zero-order chi connectivity index (χ0) is 18.3. The van der Waals surface area contributed by atoms with E-state index < -0.39 is 5.54 Å². The van der Waals surface area contributed by atoms with Gasteiger partial charge in [-0.25, -0.2) is 0 Å². The van der Waals surface area contributed by atoms with Gasteiger partial charge >= 0.3 is 0 Å². The summed E-state index contributed by atoms with van der Waals surface area (Å²) in [6.07, 6.45) is 4.50. The first kappa shape index (κ1) is 16.3. The number of carbonyl (C=O) groups is 3. The maximum Gasteiger partial charge on any atom is 0.262 e. The van der Waals surface area contributed by atoms with Crippen molar-refractivity contribution in [1.82, 2.24) is 4.90 Å². The van der Waals surface area contributed by atoms with Crippen LogP contribution in [0.4, 0.5) is 0 Å². The number of ether oxygens (including phenoxy) is 1. The van der Waals surface area contributed by atoms with Crippen molar-refractivity contribution in [1.29, 1.82) is 0 Å². The number of rotatable bonds is 5. The van der Waals surface area contributed by atoms with Crippen LogP contribution in [0.2, 0.25) is 0 Å². The van der Waals surface area contributed by atoms with E-state index in [0.717, 1.165) is 0 Å². The molecule has 0 radical (unpaired) electrons. The summed E-state index contributed by atoms with van der Waals surface area (Å²) in [4.78, 5) is 39.0. The molecule has 0 aromatic heterocycles. The van der Waals surface area contributed by atoms with Crippen LogP contribution in [0.5, 0.6) is 5.75 Å². The van der Waals surface area contributed by atoms with Crippen molar-refractivity contribution in [3.63, 3.8) is 0 Å². The van der Waals surface area contributed by atoms with Crippen molar-refractivity contribution >= 4 is 17.6 Å². The Hall–Kier alpha value is -3.21. The molecule has 0 spiro atoms. The van der Waals surface area contributed by atoms with Gasteiger partial charge in [-0.05, 0) is 55.3 Å². The van der Waals surface area contributed by atoms with E-state index in [2.05, 4.69) is 0 Å². The van der Waals surface area contributed by atoms with Crippen molar-refractivity contribution in [2.24, 2.45) is 0 Å². The Balaban J connectivity index is 1.56. The summed E-state index contributed by atoms with van der Waals surface area (Å²) in [6.45, 7) is 0. The fourth-order valence-corrected chi connectivity index (χ4v) is 3.27. The van der Waals surface area contributed by atoms with Gasteiger partial charge in [-0.3, -0.25) is 19.3 Å². The number of amides is 2. The van der Waals surface area contributed by atoms with Crippen molar-refractivity contribution in [3.05, 3.63) is 77.4 Å². The molecule has 5 heteroatoms. The minimum absolute atomic E-state index is 0.171. The summed E-state index contributed by atoms with van der Waals surface area (Å²) >= 11 is 0. The zero-order valence-corrected chi connectivity index (χ0v) is 14.3. The van der Waals surface area contributed by atoms with E-state index >= 15 is 0 Å². The second-order valence-corrected chi connectivity index (χ2v) is 6.52. The van der Waals surface area contributed by atoms with Crippen LogP contribution in [0.3, 0.4) is 0 Å². The fraction of sp³-hybridized carbons (Fsp3) is 0.190. The molecule has 2 aromatic rings. The highest BCUT2D eigenvalue weighted by atomic mass is 16.5. The molecule has 5 nitrogen and oxygen atoms in total. The first-order chi connectivity index (χ1) is 12.6. The number of imide groups is 1. The Morgan fingerprint density at radius 3 is 2.08 bits per heavy atom. The monoisotopic (exact) mass is 347 g/mol. The van der Waals surface area contributed by atoms with Gasteiger partial charge in [-0.1, -0.05) is 18.2 Å². The smallest absolute Gasteiger partial charge is 0.262 e. The van der Waals surface area contributed by atoms with Gasteiger partial charge in [-0.15, -0.1) is 0 Å². The van der Waals surface area contributed by atoms with E-state index in [0.29, 0.717) is 35.3 Å². The van der Waals surface area contributed by atoms with Crippen LogP contribution in [-0.2, 0) is 0 Å². The van der Waals surface area contributed by atoms with E-state index in [1.54, 1.807) is 61.7 Å². The topological polar surface area (TPSA) is 63.7 Å². The van der Waals surface area contributed by atoms with Gasteiger partial charge in [0, 0.05) is 5.56 Å². The molecule has 0 N–H and O–H groups in total. The normalized spacial score (nSPS) is 17.5. The minimum Gasteiger partial charge on any atom is -0.497 e. The van der Waals surface area contributed by atoms with Crippen LogP contribution < -0.4 is 4.74 Å². The van der Waals surface area contributed by atoms with Gasteiger partial charge in [0.25, 0.3) is 11.8 Å². The third kappa shape index (κ3) is 2.52. The predicted molar refractivity (Wildman–Crippen MR) is 95.4 cm³/mol. The summed E-state index contributed by atoms with van der Waals surface area (Å²) < 4.78 is 5.08. The van der Waals surface area contributed by atoms with Gasteiger partial charge in [0.2, 0.25) is 0 Å². The number of methoxy groups -OCH3 is 1. The van der Waals surface area contributed by atoms with Crippen LogP contribution in [0.25, 0.3) is 0 Å². The van der Waals surface area contributed by atoms with Crippen LogP contribution in [0.1, 0.15) is 43.9 Å². The molecular weight excluding hydrogens is 330 g/mol. The average Bonchev–Trinajstić information content (AvgIpc) is 3.41. The summed E-state index contributed by atoms with van der Waals surface area (Å²) in [5.41, 5.74) is 0.701. The molecular formula is C21H17NO4. The van der Waals surface area contributed by atoms with Gasteiger partial charge in [0.05, 0.1) is 23.8 Å². The summed E-state index contributed by atoms with van der Waals surface area (Å²) in [6, 6.07) is 13.6. The van der Waals surface area contributed by atoms with Gasteiger partial charge < -0.3 is 4.74 Å². The Morgan fingerprint density at radius 2 is 1.58 bits per heavy atom. The third-order valence-electron chi connectivity index (χ3n) is 4.92. The van der Waals surface area contributed by atoms with Gasteiger partial charge in [0.15, 0.2) is 5.78 Å². The lowest BCUT2D eigenvalue weighted by molar-refractivity contribution is 0.0596. The molecule has 130 valence electrons. The Bertz CT molecular complexity index is 904. The van der Waals surface area contributed by atoms with E-state index in [9.17, 15) is 14.4 Å². The molecule has 1 aliphatic carbocycles. The number of fused-ring (bicyclic) bond motifs is 1. The summed E-state index contributed by atoms with van der Waals surface area (Å²) in [7, 11) is 1.57. The highest BCUT2D eigenvalue weighted by molar-refractivity contribution is 6.22. The van der Waals surface area contributed by atoms with Crippen molar-refractivity contribution in [2.75, 3.05) is 7.11 Å². The first-order valence-corrected chi connectivity index (χ1v) is 8.41. The van der Waals surface area contributed by atoms with E-state index in [4.69, 9.17) is 4.74 Å². The average molecular weight is 347 g/mol. The lowest BCUT2D eigenvalue weighted by Crippen LogP contribution is -2.40. The summed E-state index contributed by atoms with van der Waals surface area (Å²) in [5, 5.41) is 0. The van der Waals surface area contributed by atoms with E-state index in [1.807, 2.05) is 0 Å². The second kappa shape index (κ2) is 5.95. The lowest BCUT2D eigenvalue weighted by atomic mass is 10.1. The molecule has 2 aliphatic rings. The van der Waals surface area contributed by atoms with Crippen LogP contribution in [0, 0.1) is 0 Å². The number of hydrogen-bond donors (Lipinski definition) is 0. The molecule has 1 aliphatic heterocycles. The molecule has 1 heterocycles. The molecule has 0 unspecified atom stereocenters.